The molecule has 1 aliphatic rings. The van der Waals surface area contributed by atoms with Crippen LogP contribution in [-0.4, -0.2) is 36.8 Å². The summed E-state index contributed by atoms with van der Waals surface area (Å²) >= 11 is 0. The third-order valence-electron chi connectivity index (χ3n) is 4.63. The summed E-state index contributed by atoms with van der Waals surface area (Å²) < 4.78 is 5.22. The molecule has 1 atom stereocenters. The summed E-state index contributed by atoms with van der Waals surface area (Å²) in [5.41, 5.74) is 0.433. The summed E-state index contributed by atoms with van der Waals surface area (Å²) in [7, 11) is 1.63. The molecule has 0 spiro atoms. The Labute approximate surface area is 155 Å². The normalized spacial score (nSPS) is 16.8. The van der Waals surface area contributed by atoms with Gasteiger partial charge < -0.3 is 9.84 Å². The van der Waals surface area contributed by atoms with Crippen molar-refractivity contribution in [2.75, 3.05) is 26.7 Å². The first-order chi connectivity index (χ1) is 12.7. The molecule has 3 rings (SSSR count). The monoisotopic (exact) mass is 347 g/mol. The summed E-state index contributed by atoms with van der Waals surface area (Å²) in [5, 5.41) is 11.3. The number of hydrogen-bond donors (Lipinski definition) is 1. The number of hydrogen-bond acceptors (Lipinski definition) is 3. The van der Waals surface area contributed by atoms with Gasteiger partial charge in [0.05, 0.1) is 13.7 Å². The number of aliphatic hydroxyl groups is 1. The molecular weight excluding hydrogens is 322 g/mol. The molecule has 3 heteroatoms. The van der Waals surface area contributed by atoms with E-state index in [0.717, 1.165) is 30.0 Å². The van der Waals surface area contributed by atoms with Gasteiger partial charge in [0.25, 0.3) is 0 Å². The van der Waals surface area contributed by atoms with E-state index in [4.69, 9.17) is 4.74 Å². The molecule has 3 nitrogen and oxygen atoms in total. The highest BCUT2D eigenvalue weighted by Crippen LogP contribution is 2.25. The van der Waals surface area contributed by atoms with E-state index in [1.165, 1.54) is 12.8 Å². The van der Waals surface area contributed by atoms with Crippen molar-refractivity contribution in [1.29, 1.82) is 0 Å². The van der Waals surface area contributed by atoms with Crippen LogP contribution in [0.25, 0.3) is 6.08 Å². The van der Waals surface area contributed by atoms with Gasteiger partial charge in [0, 0.05) is 5.56 Å². The van der Waals surface area contributed by atoms with Crippen molar-refractivity contribution in [2.24, 2.45) is 0 Å². The summed E-state index contributed by atoms with van der Waals surface area (Å²) in [6.07, 6.45) is 6.15. The standard InChI is InChI=1S/C23H25NO2/c1-26-22-12-10-21(11-13-22)23(25,15-7-19-24-17-5-6-18-24)16-14-20-8-3-2-4-9-20/h2-4,8-14,16,25H,5-6,17-19H2,1H3/b16-14+. The number of likely N-dealkylation sites (tertiary alicyclic amines) is 1. The highest BCUT2D eigenvalue weighted by Gasteiger charge is 2.23. The first-order valence-electron chi connectivity index (χ1n) is 9.03. The van der Waals surface area contributed by atoms with Crippen LogP contribution >= 0.6 is 0 Å². The first kappa shape index (κ1) is 18.3. The van der Waals surface area contributed by atoms with Crippen molar-refractivity contribution in [3.05, 3.63) is 71.8 Å². The molecule has 1 fully saturated rings. The Balaban J connectivity index is 1.86. The predicted octanol–water partition coefficient (Wildman–Crippen LogP) is 3.70. The molecule has 1 aliphatic heterocycles. The molecule has 1 heterocycles. The van der Waals surface area contributed by atoms with Crippen LogP contribution in [0.15, 0.2) is 60.7 Å². The van der Waals surface area contributed by atoms with Gasteiger partial charge in [-0.2, -0.15) is 0 Å². The number of benzene rings is 2. The van der Waals surface area contributed by atoms with Crippen LogP contribution < -0.4 is 4.74 Å². The Morgan fingerprint density at radius 3 is 2.42 bits per heavy atom. The summed E-state index contributed by atoms with van der Waals surface area (Å²) in [6.45, 7) is 2.88. The molecule has 134 valence electrons. The molecule has 2 aromatic carbocycles. The Kier molecular flexibility index (Phi) is 6.12. The van der Waals surface area contributed by atoms with Crippen molar-refractivity contribution in [1.82, 2.24) is 4.90 Å². The summed E-state index contributed by atoms with van der Waals surface area (Å²) in [5.74, 6) is 7.02. The molecule has 0 aromatic heterocycles. The summed E-state index contributed by atoms with van der Waals surface area (Å²) in [6, 6.07) is 17.3. The van der Waals surface area contributed by atoms with Gasteiger partial charge in [-0.05, 0) is 49.7 Å². The van der Waals surface area contributed by atoms with Gasteiger partial charge in [0.1, 0.15) is 5.75 Å². The van der Waals surface area contributed by atoms with E-state index < -0.39 is 5.60 Å². The molecule has 26 heavy (non-hydrogen) atoms. The molecule has 2 aromatic rings. The average molecular weight is 347 g/mol. The highest BCUT2D eigenvalue weighted by atomic mass is 16.5. The van der Waals surface area contributed by atoms with Gasteiger partial charge >= 0.3 is 0 Å². The summed E-state index contributed by atoms with van der Waals surface area (Å²) in [4.78, 5) is 2.32. The number of rotatable bonds is 5. The van der Waals surface area contributed by atoms with Crippen molar-refractivity contribution in [3.8, 4) is 17.6 Å². The fraction of sp³-hybridized carbons (Fsp3) is 0.304. The minimum atomic E-state index is -1.33. The zero-order chi connectivity index (χ0) is 18.2. The number of nitrogens with zero attached hydrogens (tertiary/aromatic N) is 1. The maximum atomic E-state index is 11.3. The van der Waals surface area contributed by atoms with E-state index in [1.54, 1.807) is 13.2 Å². The number of ether oxygens (including phenoxy) is 1. The lowest BCUT2D eigenvalue weighted by Crippen LogP contribution is -2.23. The molecule has 0 radical (unpaired) electrons. The van der Waals surface area contributed by atoms with Crippen molar-refractivity contribution >= 4 is 6.08 Å². The van der Waals surface area contributed by atoms with Crippen molar-refractivity contribution in [2.45, 2.75) is 18.4 Å². The smallest absolute Gasteiger partial charge is 0.170 e. The quantitative estimate of drug-likeness (QED) is 0.837. The highest BCUT2D eigenvalue weighted by molar-refractivity contribution is 5.54. The molecule has 0 amide bonds. The van der Waals surface area contributed by atoms with Crippen LogP contribution in [-0.2, 0) is 5.60 Å². The van der Waals surface area contributed by atoms with Crippen molar-refractivity contribution < 1.29 is 9.84 Å². The average Bonchev–Trinajstić information content (AvgIpc) is 3.21. The lowest BCUT2D eigenvalue weighted by Gasteiger charge is -2.19. The van der Waals surface area contributed by atoms with Gasteiger partial charge in [0.15, 0.2) is 5.60 Å². The molecule has 0 saturated carbocycles. The van der Waals surface area contributed by atoms with Crippen LogP contribution in [0.1, 0.15) is 24.0 Å². The van der Waals surface area contributed by atoms with E-state index in [0.29, 0.717) is 6.54 Å². The van der Waals surface area contributed by atoms with Crippen LogP contribution in [0, 0.1) is 11.8 Å². The number of methoxy groups -OCH3 is 1. The Bertz CT molecular complexity index is 780. The second kappa shape index (κ2) is 8.71. The molecule has 1 N–H and O–H groups in total. The Morgan fingerprint density at radius 1 is 1.08 bits per heavy atom. The minimum Gasteiger partial charge on any atom is -0.497 e. The van der Waals surface area contributed by atoms with E-state index in [9.17, 15) is 5.11 Å². The maximum Gasteiger partial charge on any atom is 0.170 e. The molecule has 1 saturated heterocycles. The largest absolute Gasteiger partial charge is 0.497 e. The van der Waals surface area contributed by atoms with Crippen LogP contribution in [0.2, 0.25) is 0 Å². The zero-order valence-electron chi connectivity index (χ0n) is 15.2. The lowest BCUT2D eigenvalue weighted by atomic mass is 9.93. The van der Waals surface area contributed by atoms with Crippen LogP contribution in [0.5, 0.6) is 5.75 Å². The fourth-order valence-corrected chi connectivity index (χ4v) is 3.06. The van der Waals surface area contributed by atoms with Gasteiger partial charge in [-0.25, -0.2) is 0 Å². The Hall–Kier alpha value is -2.54. The zero-order valence-corrected chi connectivity index (χ0v) is 15.2. The van der Waals surface area contributed by atoms with Gasteiger partial charge in [-0.15, -0.1) is 0 Å². The SMILES string of the molecule is COc1ccc(C(O)(C#CCN2CCCC2)/C=C/c2ccccc2)cc1. The van der Waals surface area contributed by atoms with Gasteiger partial charge in [0.2, 0.25) is 0 Å². The predicted molar refractivity (Wildman–Crippen MR) is 106 cm³/mol. The minimum absolute atomic E-state index is 0.692. The Morgan fingerprint density at radius 2 is 1.77 bits per heavy atom. The molecular formula is C23H25NO2. The second-order valence-electron chi connectivity index (χ2n) is 6.52. The first-order valence-corrected chi connectivity index (χ1v) is 9.03. The molecule has 0 aliphatic carbocycles. The second-order valence-corrected chi connectivity index (χ2v) is 6.52. The van der Waals surface area contributed by atoms with Gasteiger partial charge in [-0.3, -0.25) is 4.90 Å². The van der Waals surface area contributed by atoms with Crippen molar-refractivity contribution in [3.63, 3.8) is 0 Å². The van der Waals surface area contributed by atoms with Gasteiger partial charge in [-0.1, -0.05) is 60.4 Å². The third kappa shape index (κ3) is 4.76. The van der Waals surface area contributed by atoms with E-state index in [2.05, 4.69) is 16.7 Å². The molecule has 1 unspecified atom stereocenters. The van der Waals surface area contributed by atoms with E-state index in [1.807, 2.05) is 60.7 Å². The van der Waals surface area contributed by atoms with E-state index in [-0.39, 0.29) is 0 Å². The van der Waals surface area contributed by atoms with Crippen LogP contribution in [0.4, 0.5) is 0 Å². The fourth-order valence-electron chi connectivity index (χ4n) is 3.06. The third-order valence-corrected chi connectivity index (χ3v) is 4.63. The molecule has 0 bridgehead atoms. The van der Waals surface area contributed by atoms with E-state index >= 15 is 0 Å². The van der Waals surface area contributed by atoms with Crippen LogP contribution in [0.3, 0.4) is 0 Å². The maximum absolute atomic E-state index is 11.3. The lowest BCUT2D eigenvalue weighted by molar-refractivity contribution is 0.154. The topological polar surface area (TPSA) is 32.7 Å².